The van der Waals surface area contributed by atoms with Crippen molar-refractivity contribution >= 4 is 5.91 Å². The summed E-state index contributed by atoms with van der Waals surface area (Å²) in [5, 5.41) is 3.02. The first kappa shape index (κ1) is 11.9. The van der Waals surface area contributed by atoms with Crippen LogP contribution >= 0.6 is 0 Å². The largest absolute Gasteiger partial charge is 0.356 e. The normalized spacial score (nSPS) is 41.7. The van der Waals surface area contributed by atoms with E-state index in [1.54, 1.807) is 0 Å². The summed E-state index contributed by atoms with van der Waals surface area (Å²) in [6.07, 6.45) is 3.84. The summed E-state index contributed by atoms with van der Waals surface area (Å²) in [6, 6.07) is 0. The van der Waals surface area contributed by atoms with Gasteiger partial charge < -0.3 is 5.32 Å². The molecule has 0 aromatic heterocycles. The minimum atomic E-state index is 0.315. The molecule has 0 spiro atoms. The SMILES string of the molecule is CCNC(=O)C1C2CC(C)CCC21C(C)C. The second kappa shape index (κ2) is 4.05. The third-order valence-electron chi connectivity index (χ3n) is 5.00. The molecule has 0 saturated heterocycles. The molecule has 0 aliphatic heterocycles. The zero-order valence-corrected chi connectivity index (χ0v) is 11.0. The molecule has 4 atom stereocenters. The predicted molar refractivity (Wildman–Crippen MR) is 65.9 cm³/mol. The molecule has 1 amide bonds. The van der Waals surface area contributed by atoms with Crippen LogP contribution in [-0.2, 0) is 4.79 Å². The van der Waals surface area contributed by atoms with Crippen molar-refractivity contribution in [2.24, 2.45) is 29.1 Å². The molecule has 0 radical (unpaired) electrons. The number of amides is 1. The zero-order chi connectivity index (χ0) is 11.9. The zero-order valence-electron chi connectivity index (χ0n) is 11.0. The third-order valence-corrected chi connectivity index (χ3v) is 5.00. The van der Waals surface area contributed by atoms with Gasteiger partial charge in [-0.2, -0.15) is 0 Å². The Morgan fingerprint density at radius 3 is 2.75 bits per heavy atom. The lowest BCUT2D eigenvalue weighted by Crippen LogP contribution is -2.28. The topological polar surface area (TPSA) is 29.1 Å². The van der Waals surface area contributed by atoms with Crippen molar-refractivity contribution in [2.45, 2.75) is 47.0 Å². The Hall–Kier alpha value is -0.530. The van der Waals surface area contributed by atoms with Crippen molar-refractivity contribution in [3.05, 3.63) is 0 Å². The van der Waals surface area contributed by atoms with E-state index in [0.717, 1.165) is 12.5 Å². The van der Waals surface area contributed by atoms with Crippen LogP contribution < -0.4 is 5.32 Å². The van der Waals surface area contributed by atoms with Crippen molar-refractivity contribution in [1.82, 2.24) is 5.32 Å². The van der Waals surface area contributed by atoms with E-state index >= 15 is 0 Å². The smallest absolute Gasteiger partial charge is 0.223 e. The van der Waals surface area contributed by atoms with Crippen LogP contribution in [0.1, 0.15) is 47.0 Å². The van der Waals surface area contributed by atoms with E-state index in [2.05, 4.69) is 26.1 Å². The lowest BCUT2D eigenvalue weighted by molar-refractivity contribution is -0.123. The predicted octanol–water partition coefficient (Wildman–Crippen LogP) is 2.83. The van der Waals surface area contributed by atoms with Crippen molar-refractivity contribution in [3.63, 3.8) is 0 Å². The van der Waals surface area contributed by atoms with Gasteiger partial charge in [0.05, 0.1) is 0 Å². The number of nitrogens with one attached hydrogen (secondary N) is 1. The summed E-state index contributed by atoms with van der Waals surface area (Å²) in [6.45, 7) is 9.70. The third kappa shape index (κ3) is 1.57. The van der Waals surface area contributed by atoms with E-state index in [0.29, 0.717) is 29.1 Å². The average Bonchev–Trinajstić information content (AvgIpc) is 2.87. The summed E-state index contributed by atoms with van der Waals surface area (Å²) in [4.78, 5) is 12.1. The summed E-state index contributed by atoms with van der Waals surface area (Å²) < 4.78 is 0. The number of hydrogen-bond donors (Lipinski definition) is 1. The van der Waals surface area contributed by atoms with Gasteiger partial charge in [-0.1, -0.05) is 27.2 Å². The van der Waals surface area contributed by atoms with Crippen molar-refractivity contribution in [2.75, 3.05) is 6.54 Å². The summed E-state index contributed by atoms with van der Waals surface area (Å²) in [5.74, 6) is 2.77. The van der Waals surface area contributed by atoms with Crippen molar-refractivity contribution in [1.29, 1.82) is 0 Å². The van der Waals surface area contributed by atoms with E-state index in [-0.39, 0.29) is 0 Å². The van der Waals surface area contributed by atoms with Crippen molar-refractivity contribution < 1.29 is 4.79 Å². The molecule has 0 aromatic carbocycles. The maximum absolute atomic E-state index is 12.1. The minimum absolute atomic E-state index is 0.315. The van der Waals surface area contributed by atoms with Crippen LogP contribution in [0.5, 0.6) is 0 Å². The molecule has 2 rings (SSSR count). The van der Waals surface area contributed by atoms with E-state index in [1.165, 1.54) is 19.3 Å². The molecular formula is C14H25NO. The maximum atomic E-state index is 12.1. The van der Waals surface area contributed by atoms with E-state index in [1.807, 2.05) is 6.92 Å². The van der Waals surface area contributed by atoms with E-state index < -0.39 is 0 Å². The highest BCUT2D eigenvalue weighted by Crippen LogP contribution is 2.70. The first-order chi connectivity index (χ1) is 7.54. The van der Waals surface area contributed by atoms with Crippen LogP contribution in [0.15, 0.2) is 0 Å². The molecule has 0 heterocycles. The monoisotopic (exact) mass is 223 g/mol. The van der Waals surface area contributed by atoms with Crippen LogP contribution in [0.4, 0.5) is 0 Å². The van der Waals surface area contributed by atoms with E-state index in [9.17, 15) is 4.79 Å². The molecule has 2 heteroatoms. The molecule has 2 aliphatic rings. The van der Waals surface area contributed by atoms with Gasteiger partial charge in [0.1, 0.15) is 0 Å². The number of hydrogen-bond acceptors (Lipinski definition) is 1. The number of carbonyl (C=O) groups excluding carboxylic acids is 1. The second-order valence-corrected chi connectivity index (χ2v) is 6.13. The Kier molecular flexibility index (Phi) is 3.02. The molecular weight excluding hydrogens is 198 g/mol. The highest BCUT2D eigenvalue weighted by Gasteiger charge is 2.69. The van der Waals surface area contributed by atoms with Gasteiger partial charge in [-0.25, -0.2) is 0 Å². The van der Waals surface area contributed by atoms with Crippen molar-refractivity contribution in [3.8, 4) is 0 Å². The Labute approximate surface area is 99.2 Å². The molecule has 0 bridgehead atoms. The Balaban J connectivity index is 2.12. The highest BCUT2D eigenvalue weighted by atomic mass is 16.2. The van der Waals surface area contributed by atoms with Crippen LogP contribution in [0.25, 0.3) is 0 Å². The first-order valence-electron chi connectivity index (χ1n) is 6.81. The Morgan fingerprint density at radius 1 is 1.50 bits per heavy atom. The van der Waals surface area contributed by atoms with E-state index in [4.69, 9.17) is 0 Å². The van der Waals surface area contributed by atoms with Gasteiger partial charge in [0.15, 0.2) is 0 Å². The fourth-order valence-electron chi connectivity index (χ4n) is 4.07. The number of carbonyl (C=O) groups is 1. The maximum Gasteiger partial charge on any atom is 0.223 e. The van der Waals surface area contributed by atoms with Gasteiger partial charge in [0.25, 0.3) is 0 Å². The standard InChI is InChI=1S/C14H25NO/c1-5-15-13(16)12-11-8-10(4)6-7-14(11,12)9(2)3/h9-12H,5-8H2,1-4H3,(H,15,16). The van der Waals surface area contributed by atoms with Gasteiger partial charge in [-0.15, -0.1) is 0 Å². The summed E-state index contributed by atoms with van der Waals surface area (Å²) in [5.41, 5.74) is 0.353. The lowest BCUT2D eigenvalue weighted by Gasteiger charge is -2.29. The average molecular weight is 223 g/mol. The minimum Gasteiger partial charge on any atom is -0.356 e. The van der Waals surface area contributed by atoms with Crippen LogP contribution in [0.2, 0.25) is 0 Å². The van der Waals surface area contributed by atoms with Crippen LogP contribution in [0, 0.1) is 29.1 Å². The molecule has 0 aromatic rings. The Morgan fingerprint density at radius 2 is 2.19 bits per heavy atom. The molecule has 92 valence electrons. The molecule has 16 heavy (non-hydrogen) atoms. The highest BCUT2D eigenvalue weighted by molar-refractivity contribution is 5.83. The summed E-state index contributed by atoms with van der Waals surface area (Å²) >= 11 is 0. The van der Waals surface area contributed by atoms with Gasteiger partial charge >= 0.3 is 0 Å². The van der Waals surface area contributed by atoms with Gasteiger partial charge in [-0.05, 0) is 42.9 Å². The lowest BCUT2D eigenvalue weighted by atomic mass is 9.76. The van der Waals surface area contributed by atoms with Crippen LogP contribution in [-0.4, -0.2) is 12.5 Å². The van der Waals surface area contributed by atoms with Gasteiger partial charge in [0, 0.05) is 12.5 Å². The van der Waals surface area contributed by atoms with Gasteiger partial charge in [-0.3, -0.25) is 4.79 Å². The molecule has 2 fully saturated rings. The number of fused-ring (bicyclic) bond motifs is 1. The molecule has 4 unspecified atom stereocenters. The molecule has 1 N–H and O–H groups in total. The quantitative estimate of drug-likeness (QED) is 0.783. The summed E-state index contributed by atoms with van der Waals surface area (Å²) in [7, 11) is 0. The Bertz CT molecular complexity index is 286. The van der Waals surface area contributed by atoms with Gasteiger partial charge in [0.2, 0.25) is 5.91 Å². The molecule has 2 aliphatic carbocycles. The second-order valence-electron chi connectivity index (χ2n) is 6.13. The fraction of sp³-hybridized carbons (Fsp3) is 0.929. The number of rotatable bonds is 3. The first-order valence-corrected chi connectivity index (χ1v) is 6.81. The van der Waals surface area contributed by atoms with Crippen LogP contribution in [0.3, 0.4) is 0 Å². The molecule has 2 nitrogen and oxygen atoms in total. The molecule has 2 saturated carbocycles. The fourth-order valence-corrected chi connectivity index (χ4v) is 4.07.